The summed E-state index contributed by atoms with van der Waals surface area (Å²) in [4.78, 5) is 17.9. The van der Waals surface area contributed by atoms with Crippen LogP contribution in [0.25, 0.3) is 21.9 Å². The molecule has 2 N–H and O–H groups in total. The molecule has 1 aliphatic carbocycles. The van der Waals surface area contributed by atoms with Crippen molar-refractivity contribution in [2.24, 2.45) is 10.9 Å². The van der Waals surface area contributed by atoms with Gasteiger partial charge in [0.2, 0.25) is 5.91 Å². The van der Waals surface area contributed by atoms with Crippen LogP contribution in [-0.4, -0.2) is 35.6 Å². The molecule has 34 heavy (non-hydrogen) atoms. The Morgan fingerprint density at radius 3 is 2.53 bits per heavy atom. The first-order valence-electron chi connectivity index (χ1n) is 12.3. The summed E-state index contributed by atoms with van der Waals surface area (Å²) in [5.41, 5.74) is 3.43. The highest BCUT2D eigenvalue weighted by atomic mass is 32.2. The van der Waals surface area contributed by atoms with E-state index in [4.69, 9.17) is 5.11 Å². The van der Waals surface area contributed by atoms with Gasteiger partial charge < -0.3 is 10.4 Å². The molecule has 0 aliphatic heterocycles. The highest BCUT2D eigenvalue weighted by Gasteiger charge is 2.27. The van der Waals surface area contributed by atoms with Crippen LogP contribution >= 0.6 is 11.8 Å². The number of benzene rings is 3. The van der Waals surface area contributed by atoms with Crippen molar-refractivity contribution in [3.63, 3.8) is 0 Å². The summed E-state index contributed by atoms with van der Waals surface area (Å²) in [5.74, 6) is 0.416. The molecule has 0 spiro atoms. The van der Waals surface area contributed by atoms with Gasteiger partial charge in [-0.1, -0.05) is 104 Å². The number of rotatable bonds is 8. The van der Waals surface area contributed by atoms with E-state index in [9.17, 15) is 4.79 Å². The minimum absolute atomic E-state index is 0.0157. The molecule has 1 saturated carbocycles. The lowest BCUT2D eigenvalue weighted by atomic mass is 9.86. The quantitative estimate of drug-likeness (QED) is 0.226. The van der Waals surface area contributed by atoms with E-state index in [0.717, 1.165) is 17.5 Å². The zero-order valence-electron chi connectivity index (χ0n) is 19.9. The van der Waals surface area contributed by atoms with Gasteiger partial charge in [-0.3, -0.25) is 9.79 Å². The highest BCUT2D eigenvalue weighted by molar-refractivity contribution is 8.13. The second-order valence-corrected chi connectivity index (χ2v) is 9.84. The van der Waals surface area contributed by atoms with E-state index in [1.54, 1.807) is 0 Å². The van der Waals surface area contributed by atoms with Crippen molar-refractivity contribution in [2.75, 3.05) is 19.4 Å². The second kappa shape index (κ2) is 12.2. The molecule has 1 atom stereocenters. The molecule has 0 heterocycles. The van der Waals surface area contributed by atoms with Crippen molar-refractivity contribution in [3.05, 3.63) is 72.3 Å². The third kappa shape index (κ3) is 6.08. The third-order valence-electron chi connectivity index (χ3n) is 6.77. The minimum atomic E-state index is -0.195. The molecule has 4 nitrogen and oxygen atoms in total. The van der Waals surface area contributed by atoms with Gasteiger partial charge in [0.25, 0.3) is 0 Å². The first-order chi connectivity index (χ1) is 16.7. The second-order valence-electron chi connectivity index (χ2n) is 9.04. The van der Waals surface area contributed by atoms with Gasteiger partial charge in [-0.25, -0.2) is 0 Å². The number of nitrogens with zero attached hydrogens (tertiary/aromatic N) is 1. The van der Waals surface area contributed by atoms with E-state index < -0.39 is 0 Å². The fourth-order valence-electron chi connectivity index (χ4n) is 4.94. The summed E-state index contributed by atoms with van der Waals surface area (Å²) in [6.45, 7) is 0.617. The standard InChI is InChI=1S/C29H34N2O2S/c1-34-29(30-18-7-19-32)31-28(33)27(20-21-8-2-3-9-21)24-16-14-23(15-17-24)26-13-6-11-22-10-4-5-12-25(22)26/h4-6,10-17,21,27,32H,2-3,7-9,18-20H2,1H3,(H,30,31,33). The number of hydrogen-bond donors (Lipinski definition) is 2. The van der Waals surface area contributed by atoms with Gasteiger partial charge in [0.15, 0.2) is 5.17 Å². The number of hydrogen-bond acceptors (Lipinski definition) is 4. The number of fused-ring (bicyclic) bond motifs is 1. The molecule has 3 aromatic carbocycles. The first-order valence-corrected chi connectivity index (χ1v) is 13.5. The Kier molecular flexibility index (Phi) is 8.78. The predicted octanol–water partition coefficient (Wildman–Crippen LogP) is 6.39. The van der Waals surface area contributed by atoms with Crippen molar-refractivity contribution in [1.82, 2.24) is 5.32 Å². The molecule has 0 aromatic heterocycles. The van der Waals surface area contributed by atoms with Crippen molar-refractivity contribution in [1.29, 1.82) is 0 Å². The van der Waals surface area contributed by atoms with Gasteiger partial charge in [-0.15, -0.1) is 0 Å². The molecule has 1 amide bonds. The zero-order valence-corrected chi connectivity index (χ0v) is 20.7. The van der Waals surface area contributed by atoms with E-state index in [0.29, 0.717) is 24.1 Å². The monoisotopic (exact) mass is 474 g/mol. The van der Waals surface area contributed by atoms with Crippen LogP contribution in [0.15, 0.2) is 71.7 Å². The number of aliphatic imine (C=N–C) groups is 1. The normalized spacial score (nSPS) is 15.5. The lowest BCUT2D eigenvalue weighted by Gasteiger charge is -2.21. The third-order valence-corrected chi connectivity index (χ3v) is 7.39. The molecule has 1 unspecified atom stereocenters. The number of amidine groups is 1. The van der Waals surface area contributed by atoms with Crippen LogP contribution in [0.4, 0.5) is 0 Å². The number of nitrogens with one attached hydrogen (secondary N) is 1. The lowest BCUT2D eigenvalue weighted by molar-refractivity contribution is -0.121. The SMILES string of the molecule is CSC(=NCCCO)NC(=O)C(CC1CCCC1)c1ccc(-c2cccc3ccccc23)cc1. The Morgan fingerprint density at radius 1 is 1.06 bits per heavy atom. The largest absolute Gasteiger partial charge is 0.396 e. The van der Waals surface area contributed by atoms with Crippen LogP contribution in [0, 0.1) is 5.92 Å². The van der Waals surface area contributed by atoms with Gasteiger partial charge in [0, 0.05) is 13.2 Å². The van der Waals surface area contributed by atoms with Gasteiger partial charge in [0.1, 0.15) is 0 Å². The lowest BCUT2D eigenvalue weighted by Crippen LogP contribution is -2.34. The van der Waals surface area contributed by atoms with Gasteiger partial charge in [0.05, 0.1) is 5.92 Å². The van der Waals surface area contributed by atoms with Gasteiger partial charge >= 0.3 is 0 Å². The molecule has 0 bridgehead atoms. The van der Waals surface area contributed by atoms with Crippen molar-refractivity contribution >= 4 is 33.6 Å². The maximum Gasteiger partial charge on any atom is 0.233 e. The predicted molar refractivity (Wildman–Crippen MR) is 144 cm³/mol. The number of amides is 1. The number of carbonyl (C=O) groups is 1. The van der Waals surface area contributed by atoms with Crippen molar-refractivity contribution in [2.45, 2.75) is 44.4 Å². The Morgan fingerprint density at radius 2 is 1.79 bits per heavy atom. The van der Waals surface area contributed by atoms with Crippen molar-refractivity contribution in [3.8, 4) is 11.1 Å². The Labute approximate surface area is 206 Å². The molecule has 178 valence electrons. The molecule has 3 aromatic rings. The summed E-state index contributed by atoms with van der Waals surface area (Å²) >= 11 is 1.44. The average Bonchev–Trinajstić information content (AvgIpc) is 3.40. The Bertz CT molecular complexity index is 1120. The molecular formula is C29H34N2O2S. The minimum Gasteiger partial charge on any atom is -0.396 e. The van der Waals surface area contributed by atoms with E-state index in [1.807, 2.05) is 6.26 Å². The van der Waals surface area contributed by atoms with E-state index in [2.05, 4.69) is 77.0 Å². The van der Waals surface area contributed by atoms with Crippen molar-refractivity contribution < 1.29 is 9.90 Å². The molecule has 0 saturated heterocycles. The van der Waals surface area contributed by atoms with Crippen LogP contribution in [0.5, 0.6) is 0 Å². The van der Waals surface area contributed by atoms with Crippen LogP contribution < -0.4 is 5.32 Å². The first kappa shape index (κ1) is 24.5. The van der Waals surface area contributed by atoms with E-state index >= 15 is 0 Å². The molecule has 0 radical (unpaired) electrons. The summed E-state index contributed by atoms with van der Waals surface area (Å²) < 4.78 is 0. The molecule has 1 fully saturated rings. The molecule has 4 rings (SSSR count). The van der Waals surface area contributed by atoms with Gasteiger partial charge in [-0.05, 0) is 52.5 Å². The maximum absolute atomic E-state index is 13.4. The smallest absolute Gasteiger partial charge is 0.233 e. The van der Waals surface area contributed by atoms with Crippen LogP contribution in [-0.2, 0) is 4.79 Å². The van der Waals surface area contributed by atoms with E-state index in [1.165, 1.54) is 53.8 Å². The van der Waals surface area contributed by atoms with E-state index in [-0.39, 0.29) is 18.4 Å². The van der Waals surface area contributed by atoms with Crippen LogP contribution in [0.3, 0.4) is 0 Å². The summed E-state index contributed by atoms with van der Waals surface area (Å²) in [6.07, 6.45) is 8.33. The fourth-order valence-corrected chi connectivity index (χ4v) is 5.37. The topological polar surface area (TPSA) is 61.7 Å². The summed E-state index contributed by atoms with van der Waals surface area (Å²) in [7, 11) is 0. The fraction of sp³-hybridized carbons (Fsp3) is 0.379. The molecule has 1 aliphatic rings. The number of thioether (sulfide) groups is 1. The maximum atomic E-state index is 13.4. The van der Waals surface area contributed by atoms with Gasteiger partial charge in [-0.2, -0.15) is 0 Å². The molecule has 5 heteroatoms. The Balaban J connectivity index is 1.58. The number of aliphatic hydroxyl groups is 1. The highest BCUT2D eigenvalue weighted by Crippen LogP contribution is 2.36. The number of carbonyl (C=O) groups excluding carboxylic acids is 1. The average molecular weight is 475 g/mol. The van der Waals surface area contributed by atoms with Crippen LogP contribution in [0.2, 0.25) is 0 Å². The number of aliphatic hydroxyl groups excluding tert-OH is 1. The summed E-state index contributed by atoms with van der Waals surface area (Å²) in [6, 6.07) is 23.4. The Hall–Kier alpha value is -2.63. The summed E-state index contributed by atoms with van der Waals surface area (Å²) in [5, 5.41) is 15.2. The van der Waals surface area contributed by atoms with Crippen LogP contribution in [0.1, 0.15) is 50.0 Å². The molecular weight excluding hydrogens is 440 g/mol. The zero-order chi connectivity index (χ0) is 23.8.